The molecule has 0 spiro atoms. The number of pyridine rings is 1. The second-order valence-corrected chi connectivity index (χ2v) is 5.73. The molecule has 1 aromatic heterocycles. The van der Waals surface area contributed by atoms with Crippen LogP contribution in [-0.2, 0) is 5.41 Å². The maximum absolute atomic E-state index is 12.1. The second-order valence-electron chi connectivity index (χ2n) is 5.73. The van der Waals surface area contributed by atoms with Crippen molar-refractivity contribution in [2.45, 2.75) is 40.0 Å². The number of hydrogen-bond donors (Lipinski definition) is 1. The van der Waals surface area contributed by atoms with E-state index in [1.165, 1.54) is 5.56 Å². The fourth-order valence-electron chi connectivity index (χ4n) is 2.67. The predicted molar refractivity (Wildman–Crippen MR) is 72.7 cm³/mol. The number of nitrogens with one attached hydrogen (secondary N) is 1. The van der Waals surface area contributed by atoms with E-state index in [2.05, 4.69) is 38.7 Å². The van der Waals surface area contributed by atoms with Crippen molar-refractivity contribution in [2.24, 2.45) is 0 Å². The zero-order chi connectivity index (χ0) is 12.8. The van der Waals surface area contributed by atoms with Crippen molar-refractivity contribution in [3.63, 3.8) is 0 Å². The van der Waals surface area contributed by atoms with Gasteiger partial charge in [0.1, 0.15) is 0 Å². The van der Waals surface area contributed by atoms with Crippen LogP contribution in [0.4, 0.5) is 0 Å². The van der Waals surface area contributed by atoms with Crippen molar-refractivity contribution in [1.29, 1.82) is 0 Å². The van der Waals surface area contributed by atoms with Gasteiger partial charge in [0, 0.05) is 17.6 Å². The highest BCUT2D eigenvalue weighted by atomic mass is 16.1. The largest absolute Gasteiger partial charge is 0.361 e. The first-order chi connectivity index (χ1) is 7.82. The minimum Gasteiger partial charge on any atom is -0.361 e. The zero-order valence-electron chi connectivity index (χ0n) is 11.1. The predicted octanol–water partition coefficient (Wildman–Crippen LogP) is 3.44. The molecule has 17 heavy (non-hydrogen) atoms. The van der Waals surface area contributed by atoms with E-state index in [1.54, 1.807) is 12.3 Å². The van der Waals surface area contributed by atoms with E-state index in [0.717, 1.165) is 22.0 Å². The molecule has 2 nitrogen and oxygen atoms in total. The van der Waals surface area contributed by atoms with Gasteiger partial charge >= 0.3 is 0 Å². The van der Waals surface area contributed by atoms with Gasteiger partial charge in [-0.15, -0.1) is 0 Å². The molecule has 0 unspecified atom stereocenters. The number of hydrogen-bond acceptors (Lipinski definition) is 1. The fraction of sp³-hybridized carbons (Fsp3) is 0.400. The minimum atomic E-state index is -0.0234. The maximum Gasteiger partial charge on any atom is 0.189 e. The summed E-state index contributed by atoms with van der Waals surface area (Å²) in [6.45, 7) is 10.6. The Morgan fingerprint density at radius 2 is 1.76 bits per heavy atom. The van der Waals surface area contributed by atoms with E-state index in [1.807, 2.05) is 6.92 Å². The van der Waals surface area contributed by atoms with Crippen LogP contribution < -0.4 is 5.43 Å². The molecule has 0 saturated carbocycles. The number of H-pyrrole nitrogens is 1. The molecular formula is C15H19NO. The van der Waals surface area contributed by atoms with Gasteiger partial charge in [-0.2, -0.15) is 0 Å². The minimum absolute atomic E-state index is 0.0234. The van der Waals surface area contributed by atoms with Crippen molar-refractivity contribution in [1.82, 2.24) is 4.98 Å². The van der Waals surface area contributed by atoms with Crippen molar-refractivity contribution >= 4 is 10.9 Å². The molecule has 0 aliphatic rings. The summed E-state index contributed by atoms with van der Waals surface area (Å²) >= 11 is 0. The molecule has 0 atom stereocenters. The Bertz CT molecular complexity index is 630. The van der Waals surface area contributed by atoms with Crippen LogP contribution in [0.25, 0.3) is 10.9 Å². The third kappa shape index (κ3) is 1.88. The van der Waals surface area contributed by atoms with E-state index in [9.17, 15) is 4.79 Å². The highest BCUT2D eigenvalue weighted by Gasteiger charge is 2.21. The Kier molecular flexibility index (Phi) is 2.61. The molecule has 1 aromatic carbocycles. The Morgan fingerprint density at radius 3 is 2.35 bits per heavy atom. The highest BCUT2D eigenvalue weighted by molar-refractivity contribution is 5.86. The summed E-state index contributed by atoms with van der Waals surface area (Å²) in [6.07, 6.45) is 1.72. The van der Waals surface area contributed by atoms with Crippen molar-refractivity contribution in [3.05, 3.63) is 45.2 Å². The first-order valence-electron chi connectivity index (χ1n) is 5.94. The van der Waals surface area contributed by atoms with Crippen LogP contribution in [0.15, 0.2) is 23.1 Å². The van der Waals surface area contributed by atoms with Gasteiger partial charge in [0.2, 0.25) is 0 Å². The molecule has 0 fully saturated rings. The quantitative estimate of drug-likeness (QED) is 0.737. The van der Waals surface area contributed by atoms with Gasteiger partial charge in [-0.05, 0) is 36.0 Å². The number of benzene rings is 1. The van der Waals surface area contributed by atoms with Crippen molar-refractivity contribution < 1.29 is 0 Å². The molecule has 90 valence electrons. The topological polar surface area (TPSA) is 32.9 Å². The van der Waals surface area contributed by atoms with E-state index >= 15 is 0 Å². The Morgan fingerprint density at radius 1 is 1.12 bits per heavy atom. The summed E-state index contributed by atoms with van der Waals surface area (Å²) in [4.78, 5) is 15.3. The lowest BCUT2D eigenvalue weighted by Gasteiger charge is -2.24. The van der Waals surface area contributed by atoms with Crippen LogP contribution in [-0.4, -0.2) is 4.98 Å². The average molecular weight is 229 g/mol. The molecule has 2 rings (SSSR count). The number of fused-ring (bicyclic) bond motifs is 1. The third-order valence-electron chi connectivity index (χ3n) is 3.18. The number of rotatable bonds is 0. The first-order valence-corrected chi connectivity index (χ1v) is 5.94. The molecule has 0 saturated heterocycles. The van der Waals surface area contributed by atoms with Crippen LogP contribution in [0, 0.1) is 13.8 Å². The molecule has 0 bridgehead atoms. The lowest BCUT2D eigenvalue weighted by atomic mass is 9.80. The lowest BCUT2D eigenvalue weighted by molar-refractivity contribution is 0.591. The molecule has 0 aliphatic heterocycles. The SMILES string of the molecule is Cc1cc(C)c2[nH]ccc(=O)c2c1C(C)(C)C. The van der Waals surface area contributed by atoms with E-state index in [0.29, 0.717) is 0 Å². The van der Waals surface area contributed by atoms with Crippen LogP contribution in [0.5, 0.6) is 0 Å². The van der Waals surface area contributed by atoms with Gasteiger partial charge in [0.25, 0.3) is 0 Å². The van der Waals surface area contributed by atoms with Crippen LogP contribution >= 0.6 is 0 Å². The molecule has 1 N–H and O–H groups in total. The molecule has 0 aliphatic carbocycles. The number of aryl methyl sites for hydroxylation is 2. The van der Waals surface area contributed by atoms with Crippen molar-refractivity contribution in [2.75, 3.05) is 0 Å². The van der Waals surface area contributed by atoms with Gasteiger partial charge in [-0.3, -0.25) is 4.79 Å². The van der Waals surface area contributed by atoms with Crippen LogP contribution in [0.2, 0.25) is 0 Å². The summed E-state index contributed by atoms with van der Waals surface area (Å²) in [5.74, 6) is 0. The molecule has 2 heteroatoms. The maximum atomic E-state index is 12.1. The Hall–Kier alpha value is -1.57. The average Bonchev–Trinajstić information content (AvgIpc) is 2.17. The number of aromatic amines is 1. The fourth-order valence-corrected chi connectivity index (χ4v) is 2.67. The summed E-state index contributed by atoms with van der Waals surface area (Å²) in [5.41, 5.74) is 4.52. The molecule has 0 radical (unpaired) electrons. The number of aromatic nitrogens is 1. The van der Waals surface area contributed by atoms with Crippen LogP contribution in [0.1, 0.15) is 37.5 Å². The van der Waals surface area contributed by atoms with E-state index < -0.39 is 0 Å². The summed E-state index contributed by atoms with van der Waals surface area (Å²) in [6, 6.07) is 3.76. The van der Waals surface area contributed by atoms with Crippen molar-refractivity contribution in [3.8, 4) is 0 Å². The summed E-state index contributed by atoms with van der Waals surface area (Å²) in [7, 11) is 0. The van der Waals surface area contributed by atoms with Gasteiger partial charge in [-0.25, -0.2) is 0 Å². The van der Waals surface area contributed by atoms with Gasteiger partial charge in [0.05, 0.1) is 5.52 Å². The van der Waals surface area contributed by atoms with Crippen LogP contribution in [0.3, 0.4) is 0 Å². The van der Waals surface area contributed by atoms with Gasteiger partial charge in [0.15, 0.2) is 5.43 Å². The van der Waals surface area contributed by atoms with E-state index in [4.69, 9.17) is 0 Å². The first kappa shape index (κ1) is 11.9. The normalized spacial score (nSPS) is 12.1. The molecule has 1 heterocycles. The van der Waals surface area contributed by atoms with Gasteiger partial charge in [-0.1, -0.05) is 26.8 Å². The summed E-state index contributed by atoms with van der Waals surface area (Å²) in [5, 5.41) is 0.845. The zero-order valence-corrected chi connectivity index (χ0v) is 11.1. The van der Waals surface area contributed by atoms with E-state index in [-0.39, 0.29) is 10.8 Å². The third-order valence-corrected chi connectivity index (χ3v) is 3.18. The standard InChI is InChI=1S/C15H19NO/c1-9-8-10(2)14-12(11(17)6-7-16-14)13(9)15(3,4)5/h6-8H,1-5H3,(H,16,17). The monoisotopic (exact) mass is 229 g/mol. The smallest absolute Gasteiger partial charge is 0.189 e. The molecular weight excluding hydrogens is 210 g/mol. The second kappa shape index (κ2) is 3.73. The van der Waals surface area contributed by atoms with Gasteiger partial charge < -0.3 is 4.98 Å². The molecule has 0 amide bonds. The lowest BCUT2D eigenvalue weighted by Crippen LogP contribution is -2.18. The Balaban J connectivity index is 3.07. The highest BCUT2D eigenvalue weighted by Crippen LogP contribution is 2.31. The Labute approximate surface area is 102 Å². The summed E-state index contributed by atoms with van der Waals surface area (Å²) < 4.78 is 0. The molecule has 2 aromatic rings.